The minimum absolute atomic E-state index is 0.268. The second kappa shape index (κ2) is 8.98. The molecule has 1 amide bonds. The van der Waals surface area contributed by atoms with Gasteiger partial charge in [0.25, 0.3) is 5.91 Å². The van der Waals surface area contributed by atoms with Crippen LogP contribution in [0.3, 0.4) is 0 Å². The maximum atomic E-state index is 12.8. The predicted molar refractivity (Wildman–Crippen MR) is 121 cm³/mol. The van der Waals surface area contributed by atoms with E-state index in [0.29, 0.717) is 33.5 Å². The molecule has 4 aromatic rings. The summed E-state index contributed by atoms with van der Waals surface area (Å²) in [6, 6.07) is 24.2. The lowest BCUT2D eigenvalue weighted by molar-refractivity contribution is 0.102. The number of halogens is 1. The number of ether oxygens (including phenoxy) is 1. The zero-order chi connectivity index (χ0) is 20.9. The number of carbonyl (C=O) groups excluding carboxylic acids is 1. The van der Waals surface area contributed by atoms with Crippen molar-refractivity contribution in [2.24, 2.45) is 0 Å². The fourth-order valence-corrected chi connectivity index (χ4v) is 3.43. The van der Waals surface area contributed by atoms with Gasteiger partial charge in [0.2, 0.25) is 0 Å². The molecule has 0 saturated heterocycles. The molecule has 1 aromatic heterocycles. The van der Waals surface area contributed by atoms with Crippen LogP contribution in [0.5, 0.6) is 5.75 Å². The Morgan fingerprint density at radius 2 is 1.70 bits per heavy atom. The molecular weight excluding hydrogens is 418 g/mol. The molecule has 1 heterocycles. The second-order valence-corrected chi connectivity index (χ2v) is 7.30. The molecule has 0 spiro atoms. The van der Waals surface area contributed by atoms with Crippen LogP contribution >= 0.6 is 23.8 Å². The first-order valence-electron chi connectivity index (χ1n) is 9.25. The van der Waals surface area contributed by atoms with Gasteiger partial charge in [0.1, 0.15) is 18.1 Å². The molecule has 150 valence electrons. The summed E-state index contributed by atoms with van der Waals surface area (Å²) in [5.41, 5.74) is 2.80. The standard InChI is InChI=1S/C23H18ClN3O2S/c24-20-9-5-4-6-16(20)15-29-19-12-10-17(11-13-19)26-22(28)21-14-25-23(30)27(21)18-7-2-1-3-8-18/h1-14H,15H2,(H,25,30)(H,26,28). The van der Waals surface area contributed by atoms with Crippen LogP contribution in [0.4, 0.5) is 5.69 Å². The number of para-hydroxylation sites is 1. The van der Waals surface area contributed by atoms with Crippen molar-refractivity contribution in [1.29, 1.82) is 0 Å². The molecule has 0 unspecified atom stereocenters. The fourth-order valence-electron chi connectivity index (χ4n) is 2.98. The average molecular weight is 436 g/mol. The van der Waals surface area contributed by atoms with Crippen LogP contribution < -0.4 is 10.1 Å². The van der Waals surface area contributed by atoms with Crippen molar-refractivity contribution in [2.75, 3.05) is 5.32 Å². The SMILES string of the molecule is O=C(Nc1ccc(OCc2ccccc2Cl)cc1)c1c[nH]c(=S)n1-c1ccccc1. The van der Waals surface area contributed by atoms with E-state index in [4.69, 9.17) is 28.6 Å². The highest BCUT2D eigenvalue weighted by Gasteiger charge is 2.14. The number of imidazole rings is 1. The first kappa shape index (κ1) is 19.9. The summed E-state index contributed by atoms with van der Waals surface area (Å²) < 4.78 is 7.93. The number of H-pyrrole nitrogens is 1. The number of rotatable bonds is 6. The maximum Gasteiger partial charge on any atom is 0.274 e. The summed E-state index contributed by atoms with van der Waals surface area (Å²) in [7, 11) is 0. The molecule has 0 fully saturated rings. The molecule has 0 aliphatic carbocycles. The van der Waals surface area contributed by atoms with E-state index in [9.17, 15) is 4.79 Å². The molecule has 7 heteroatoms. The van der Waals surface area contributed by atoms with Crippen molar-refractivity contribution in [3.63, 3.8) is 0 Å². The van der Waals surface area contributed by atoms with E-state index in [2.05, 4.69) is 10.3 Å². The second-order valence-electron chi connectivity index (χ2n) is 6.51. The molecule has 2 N–H and O–H groups in total. The van der Waals surface area contributed by atoms with E-state index in [1.807, 2.05) is 54.6 Å². The Bertz CT molecular complexity index is 1220. The highest BCUT2D eigenvalue weighted by molar-refractivity contribution is 7.71. The van der Waals surface area contributed by atoms with Crippen LogP contribution in [-0.4, -0.2) is 15.5 Å². The van der Waals surface area contributed by atoms with Crippen molar-refractivity contribution in [3.05, 3.63) is 106 Å². The highest BCUT2D eigenvalue weighted by atomic mass is 35.5. The lowest BCUT2D eigenvalue weighted by Crippen LogP contribution is -2.16. The molecule has 0 aliphatic rings. The summed E-state index contributed by atoms with van der Waals surface area (Å²) in [5, 5.41) is 3.56. The molecule has 30 heavy (non-hydrogen) atoms. The average Bonchev–Trinajstić information content (AvgIpc) is 3.16. The van der Waals surface area contributed by atoms with Crippen LogP contribution in [0.25, 0.3) is 5.69 Å². The lowest BCUT2D eigenvalue weighted by Gasteiger charge is -2.11. The Morgan fingerprint density at radius 3 is 2.43 bits per heavy atom. The van der Waals surface area contributed by atoms with Gasteiger partial charge in [0, 0.05) is 28.2 Å². The van der Waals surface area contributed by atoms with E-state index >= 15 is 0 Å². The van der Waals surface area contributed by atoms with Crippen LogP contribution in [0.2, 0.25) is 5.02 Å². The van der Waals surface area contributed by atoms with Gasteiger partial charge in [-0.1, -0.05) is 48.0 Å². The zero-order valence-corrected chi connectivity index (χ0v) is 17.4. The maximum absolute atomic E-state index is 12.8. The van der Waals surface area contributed by atoms with Crippen molar-refractivity contribution in [3.8, 4) is 11.4 Å². The monoisotopic (exact) mass is 435 g/mol. The van der Waals surface area contributed by atoms with Crippen LogP contribution in [-0.2, 0) is 6.61 Å². The van der Waals surface area contributed by atoms with Crippen molar-refractivity contribution >= 4 is 35.4 Å². The number of amides is 1. The lowest BCUT2D eigenvalue weighted by atomic mass is 10.2. The van der Waals surface area contributed by atoms with Crippen LogP contribution in [0.1, 0.15) is 16.1 Å². The molecule has 0 bridgehead atoms. The number of benzene rings is 3. The molecule has 4 rings (SSSR count). The topological polar surface area (TPSA) is 59.0 Å². The number of nitrogens with zero attached hydrogens (tertiary/aromatic N) is 1. The highest BCUT2D eigenvalue weighted by Crippen LogP contribution is 2.21. The number of anilines is 1. The summed E-state index contributed by atoms with van der Waals surface area (Å²) in [4.78, 5) is 15.7. The van der Waals surface area contributed by atoms with Gasteiger partial charge in [-0.25, -0.2) is 0 Å². The van der Waals surface area contributed by atoms with Crippen molar-refractivity contribution < 1.29 is 9.53 Å². The summed E-state index contributed by atoms with van der Waals surface area (Å²) in [5.74, 6) is 0.415. The number of hydrogen-bond acceptors (Lipinski definition) is 3. The Labute approximate surface area is 183 Å². The fraction of sp³-hybridized carbons (Fsp3) is 0.0435. The van der Waals surface area contributed by atoms with E-state index in [1.54, 1.807) is 35.0 Å². The third-order valence-corrected chi connectivity index (χ3v) is 5.16. The Kier molecular flexibility index (Phi) is 5.97. The minimum atomic E-state index is -0.268. The van der Waals surface area contributed by atoms with Crippen LogP contribution in [0, 0.1) is 4.77 Å². The molecule has 5 nitrogen and oxygen atoms in total. The Balaban J connectivity index is 1.45. The van der Waals surface area contributed by atoms with Crippen LogP contribution in [0.15, 0.2) is 85.1 Å². The summed E-state index contributed by atoms with van der Waals surface area (Å²) in [6.07, 6.45) is 1.60. The molecule has 0 aliphatic heterocycles. The van der Waals surface area contributed by atoms with E-state index in [0.717, 1.165) is 11.3 Å². The number of aromatic nitrogens is 2. The Morgan fingerprint density at radius 1 is 1.00 bits per heavy atom. The van der Waals surface area contributed by atoms with Gasteiger partial charge in [0.05, 0.1) is 0 Å². The van der Waals surface area contributed by atoms with E-state index < -0.39 is 0 Å². The van der Waals surface area contributed by atoms with Crippen molar-refractivity contribution in [1.82, 2.24) is 9.55 Å². The number of carbonyl (C=O) groups is 1. The molecular formula is C23H18ClN3O2S. The zero-order valence-electron chi connectivity index (χ0n) is 15.8. The molecule has 0 radical (unpaired) electrons. The number of nitrogens with one attached hydrogen (secondary N) is 2. The smallest absolute Gasteiger partial charge is 0.274 e. The third kappa shape index (κ3) is 4.45. The van der Waals surface area contributed by atoms with Gasteiger partial charge < -0.3 is 15.0 Å². The van der Waals surface area contributed by atoms with E-state index in [-0.39, 0.29) is 5.91 Å². The van der Waals surface area contributed by atoms with Gasteiger partial charge in [-0.2, -0.15) is 0 Å². The summed E-state index contributed by atoms with van der Waals surface area (Å²) in [6.45, 7) is 0.368. The number of hydrogen-bond donors (Lipinski definition) is 2. The van der Waals surface area contributed by atoms with E-state index in [1.165, 1.54) is 0 Å². The number of aromatic amines is 1. The van der Waals surface area contributed by atoms with Gasteiger partial charge in [-0.05, 0) is 54.7 Å². The normalized spacial score (nSPS) is 10.6. The van der Waals surface area contributed by atoms with Gasteiger partial charge in [-0.3, -0.25) is 9.36 Å². The minimum Gasteiger partial charge on any atom is -0.489 e. The van der Waals surface area contributed by atoms with Gasteiger partial charge in [-0.15, -0.1) is 0 Å². The molecule has 3 aromatic carbocycles. The molecule has 0 atom stereocenters. The first-order valence-corrected chi connectivity index (χ1v) is 10.0. The predicted octanol–water partition coefficient (Wildman–Crippen LogP) is 6.02. The molecule has 0 saturated carbocycles. The quantitative estimate of drug-likeness (QED) is 0.364. The largest absolute Gasteiger partial charge is 0.489 e. The van der Waals surface area contributed by atoms with Gasteiger partial charge in [0.15, 0.2) is 4.77 Å². The van der Waals surface area contributed by atoms with Crippen molar-refractivity contribution in [2.45, 2.75) is 6.61 Å². The first-order chi connectivity index (χ1) is 14.6. The Hall–Kier alpha value is -3.35. The van der Waals surface area contributed by atoms with Gasteiger partial charge >= 0.3 is 0 Å². The third-order valence-electron chi connectivity index (χ3n) is 4.49. The summed E-state index contributed by atoms with van der Waals surface area (Å²) >= 11 is 11.5.